The van der Waals surface area contributed by atoms with Crippen LogP contribution in [-0.2, 0) is 17.8 Å². The molecule has 0 saturated carbocycles. The summed E-state index contributed by atoms with van der Waals surface area (Å²) in [4.78, 5) is 44.6. The number of amides is 2. The van der Waals surface area contributed by atoms with Crippen molar-refractivity contribution in [2.24, 2.45) is 0 Å². The third kappa shape index (κ3) is 5.06. The zero-order valence-electron chi connectivity index (χ0n) is 17.3. The molecule has 2 amide bonds. The van der Waals surface area contributed by atoms with Crippen molar-refractivity contribution in [2.75, 3.05) is 11.9 Å². The Bertz CT molecular complexity index is 1110. The highest BCUT2D eigenvalue weighted by Gasteiger charge is 2.25. The summed E-state index contributed by atoms with van der Waals surface area (Å²) >= 11 is 1.39. The van der Waals surface area contributed by atoms with Crippen LogP contribution in [0.4, 0.5) is 5.13 Å². The van der Waals surface area contributed by atoms with Gasteiger partial charge in [0, 0.05) is 41.8 Å². The molecular weight excluding hydrogens is 410 g/mol. The zero-order chi connectivity index (χ0) is 21.8. The molecule has 3 aromatic rings. The number of hydrogen-bond acceptors (Lipinski definition) is 5. The largest absolute Gasteiger partial charge is 0.333 e. The van der Waals surface area contributed by atoms with Gasteiger partial charge in [0.1, 0.15) is 0 Å². The van der Waals surface area contributed by atoms with Gasteiger partial charge in [0.2, 0.25) is 5.91 Å². The summed E-state index contributed by atoms with van der Waals surface area (Å²) in [6.07, 6.45) is 0.918. The van der Waals surface area contributed by atoms with Crippen LogP contribution in [0.25, 0.3) is 0 Å². The van der Waals surface area contributed by atoms with Crippen LogP contribution in [0.1, 0.15) is 49.7 Å². The Morgan fingerprint density at radius 3 is 2.48 bits per heavy atom. The number of Topliss-reactive ketones (excluding diaryl/α,β-unsaturated/α-hetero) is 1. The summed E-state index contributed by atoms with van der Waals surface area (Å²) in [5, 5.41) is 3.32. The zero-order valence-corrected chi connectivity index (χ0v) is 18.1. The van der Waals surface area contributed by atoms with Crippen LogP contribution in [0, 0.1) is 6.92 Å². The Hall–Kier alpha value is -3.32. The van der Waals surface area contributed by atoms with Crippen LogP contribution in [0.15, 0.2) is 54.6 Å². The SMILES string of the molecule is Cc1ccc(C(=O)CCC(=O)Nc2nc3c(s2)CN(C(=O)c2ccccc2)CC3)cc1. The number of anilines is 1. The maximum Gasteiger partial charge on any atom is 0.254 e. The molecule has 1 aliphatic heterocycles. The second kappa shape index (κ2) is 9.22. The van der Waals surface area contributed by atoms with Crippen molar-refractivity contribution in [3.63, 3.8) is 0 Å². The molecule has 0 aliphatic carbocycles. The molecule has 4 rings (SSSR count). The summed E-state index contributed by atoms with van der Waals surface area (Å²) in [6.45, 7) is 3.05. The average molecular weight is 434 g/mol. The normalized spacial score (nSPS) is 12.9. The first kappa shape index (κ1) is 20.9. The fraction of sp³-hybridized carbons (Fsp3) is 0.250. The Morgan fingerprint density at radius 2 is 1.74 bits per heavy atom. The van der Waals surface area contributed by atoms with E-state index in [1.54, 1.807) is 12.1 Å². The smallest absolute Gasteiger partial charge is 0.254 e. The topological polar surface area (TPSA) is 79.4 Å². The number of aryl methyl sites for hydroxylation is 1. The molecule has 2 heterocycles. The number of fused-ring (bicyclic) bond motifs is 1. The first-order valence-electron chi connectivity index (χ1n) is 10.2. The lowest BCUT2D eigenvalue weighted by atomic mass is 10.1. The van der Waals surface area contributed by atoms with Crippen molar-refractivity contribution in [3.8, 4) is 0 Å². The second-order valence-electron chi connectivity index (χ2n) is 7.57. The lowest BCUT2D eigenvalue weighted by molar-refractivity contribution is -0.116. The Labute approximate surface area is 184 Å². The van der Waals surface area contributed by atoms with Gasteiger partial charge < -0.3 is 10.2 Å². The summed E-state index contributed by atoms with van der Waals surface area (Å²) in [7, 11) is 0. The first-order valence-corrected chi connectivity index (χ1v) is 11.0. The lowest BCUT2D eigenvalue weighted by Gasteiger charge is -2.26. The number of hydrogen-bond donors (Lipinski definition) is 1. The molecule has 0 saturated heterocycles. The Morgan fingerprint density at radius 1 is 1.00 bits per heavy atom. The fourth-order valence-electron chi connectivity index (χ4n) is 3.48. The van der Waals surface area contributed by atoms with Crippen LogP contribution in [0.5, 0.6) is 0 Å². The Kier molecular flexibility index (Phi) is 6.23. The lowest BCUT2D eigenvalue weighted by Crippen LogP contribution is -2.35. The van der Waals surface area contributed by atoms with Gasteiger partial charge in [0.05, 0.1) is 12.2 Å². The molecule has 1 aromatic heterocycles. The minimum atomic E-state index is -0.233. The van der Waals surface area contributed by atoms with E-state index in [1.165, 1.54) is 11.3 Å². The molecule has 6 nitrogen and oxygen atoms in total. The highest BCUT2D eigenvalue weighted by atomic mass is 32.1. The predicted octanol–water partition coefficient (Wildman–Crippen LogP) is 4.25. The molecule has 7 heteroatoms. The van der Waals surface area contributed by atoms with Gasteiger partial charge >= 0.3 is 0 Å². The fourth-order valence-corrected chi connectivity index (χ4v) is 4.52. The molecule has 31 heavy (non-hydrogen) atoms. The molecule has 1 aliphatic rings. The van der Waals surface area contributed by atoms with E-state index in [2.05, 4.69) is 10.3 Å². The van der Waals surface area contributed by atoms with E-state index in [0.717, 1.165) is 16.1 Å². The number of carbonyl (C=O) groups excluding carboxylic acids is 3. The molecule has 0 unspecified atom stereocenters. The number of rotatable bonds is 6. The molecule has 0 spiro atoms. The maximum atomic E-state index is 12.7. The number of benzene rings is 2. The molecule has 0 fully saturated rings. The van der Waals surface area contributed by atoms with Gasteiger partial charge in [-0.3, -0.25) is 14.4 Å². The number of carbonyl (C=O) groups is 3. The molecule has 0 radical (unpaired) electrons. The molecular formula is C24H23N3O3S. The van der Waals surface area contributed by atoms with Crippen LogP contribution >= 0.6 is 11.3 Å². The third-order valence-corrected chi connectivity index (χ3v) is 6.24. The van der Waals surface area contributed by atoms with Crippen molar-refractivity contribution in [1.29, 1.82) is 0 Å². The van der Waals surface area contributed by atoms with E-state index in [1.807, 2.05) is 54.3 Å². The van der Waals surface area contributed by atoms with Gasteiger partial charge in [-0.1, -0.05) is 59.4 Å². The summed E-state index contributed by atoms with van der Waals surface area (Å²) in [6, 6.07) is 16.6. The number of thiazole rings is 1. The van der Waals surface area contributed by atoms with Crippen LogP contribution < -0.4 is 5.32 Å². The van der Waals surface area contributed by atoms with E-state index in [-0.39, 0.29) is 30.4 Å². The minimum Gasteiger partial charge on any atom is -0.333 e. The van der Waals surface area contributed by atoms with E-state index in [0.29, 0.717) is 35.8 Å². The van der Waals surface area contributed by atoms with Crippen LogP contribution in [-0.4, -0.2) is 34.0 Å². The van der Waals surface area contributed by atoms with Crippen LogP contribution in [0.3, 0.4) is 0 Å². The standard InChI is InChI=1S/C24H23N3O3S/c1-16-7-9-17(10-8-16)20(28)11-12-22(29)26-24-25-19-13-14-27(15-21(19)31-24)23(30)18-5-3-2-4-6-18/h2-10H,11-15H2,1H3,(H,25,26,29). The number of nitrogens with zero attached hydrogens (tertiary/aromatic N) is 2. The summed E-state index contributed by atoms with van der Waals surface area (Å²) in [5.41, 5.74) is 3.30. The van der Waals surface area contributed by atoms with Gasteiger partial charge in [-0.25, -0.2) is 4.98 Å². The van der Waals surface area contributed by atoms with E-state index >= 15 is 0 Å². The van der Waals surface area contributed by atoms with Gasteiger partial charge in [-0.2, -0.15) is 0 Å². The van der Waals surface area contributed by atoms with Gasteiger partial charge in [0.15, 0.2) is 10.9 Å². The third-order valence-electron chi connectivity index (χ3n) is 5.24. The number of ketones is 1. The van der Waals surface area contributed by atoms with E-state index in [9.17, 15) is 14.4 Å². The summed E-state index contributed by atoms with van der Waals surface area (Å²) in [5.74, 6) is -0.285. The minimum absolute atomic E-state index is 0.000135. The highest BCUT2D eigenvalue weighted by Crippen LogP contribution is 2.29. The van der Waals surface area contributed by atoms with Crippen molar-refractivity contribution in [2.45, 2.75) is 32.7 Å². The summed E-state index contributed by atoms with van der Waals surface area (Å²) < 4.78 is 0. The average Bonchev–Trinajstić information content (AvgIpc) is 3.19. The first-order chi connectivity index (χ1) is 15.0. The van der Waals surface area contributed by atoms with Gasteiger partial charge in [-0.15, -0.1) is 0 Å². The molecule has 1 N–H and O–H groups in total. The molecule has 0 bridgehead atoms. The predicted molar refractivity (Wildman–Crippen MR) is 120 cm³/mol. The monoisotopic (exact) mass is 433 g/mol. The maximum absolute atomic E-state index is 12.7. The molecule has 158 valence electrons. The van der Waals surface area contributed by atoms with Gasteiger partial charge in [-0.05, 0) is 19.1 Å². The van der Waals surface area contributed by atoms with Gasteiger partial charge in [0.25, 0.3) is 5.91 Å². The van der Waals surface area contributed by atoms with Crippen molar-refractivity contribution in [1.82, 2.24) is 9.88 Å². The van der Waals surface area contributed by atoms with E-state index in [4.69, 9.17) is 0 Å². The highest BCUT2D eigenvalue weighted by molar-refractivity contribution is 7.15. The number of aromatic nitrogens is 1. The Balaban J connectivity index is 1.32. The quantitative estimate of drug-likeness (QED) is 0.590. The van der Waals surface area contributed by atoms with Crippen LogP contribution in [0.2, 0.25) is 0 Å². The van der Waals surface area contributed by atoms with Crippen molar-refractivity contribution in [3.05, 3.63) is 81.9 Å². The second-order valence-corrected chi connectivity index (χ2v) is 8.65. The van der Waals surface area contributed by atoms with Crippen molar-refractivity contribution >= 4 is 34.1 Å². The van der Waals surface area contributed by atoms with E-state index < -0.39 is 0 Å². The van der Waals surface area contributed by atoms with Crippen molar-refractivity contribution < 1.29 is 14.4 Å². The number of nitrogens with one attached hydrogen (secondary N) is 1. The molecule has 0 atom stereocenters. The molecule has 2 aromatic carbocycles.